The van der Waals surface area contributed by atoms with Crippen LogP contribution in [-0.4, -0.2) is 64.2 Å². The van der Waals surface area contributed by atoms with Crippen molar-refractivity contribution in [2.45, 2.75) is 30.1 Å². The maximum absolute atomic E-state index is 12.3. The highest BCUT2D eigenvalue weighted by Gasteiger charge is 2.24. The molecule has 2 atom stereocenters. The Morgan fingerprint density at radius 3 is 2.77 bits per heavy atom. The first kappa shape index (κ1) is 18.7. The molecule has 0 aliphatic carbocycles. The molecule has 1 aromatic rings. The maximum atomic E-state index is 12.3. The Morgan fingerprint density at radius 1 is 1.55 bits per heavy atom. The molecule has 1 N–H and O–H groups in total. The molecular formula is C12H20N4O4S2. The van der Waals surface area contributed by atoms with Crippen molar-refractivity contribution in [1.82, 2.24) is 15.1 Å². The number of hydrogen-bond acceptors (Lipinski definition) is 7. The number of rotatable bonds is 9. The molecule has 0 aromatic carbocycles. The van der Waals surface area contributed by atoms with E-state index in [0.29, 0.717) is 17.2 Å². The fraction of sp³-hybridized carbons (Fsp3) is 0.667. The summed E-state index contributed by atoms with van der Waals surface area (Å²) in [7, 11) is 0.224. The SMILES string of the molecule is CCCCN(C(=O)Nc1nnc(S(C)=O)s1)C(C=O)COC. The molecule has 0 aliphatic rings. The molecule has 1 rings (SSSR count). The zero-order valence-corrected chi connectivity index (χ0v) is 14.4. The number of anilines is 1. The van der Waals surface area contributed by atoms with Crippen molar-refractivity contribution in [1.29, 1.82) is 0 Å². The quantitative estimate of drug-likeness (QED) is 0.530. The van der Waals surface area contributed by atoms with Gasteiger partial charge in [0, 0.05) is 19.9 Å². The zero-order chi connectivity index (χ0) is 16.5. The molecule has 0 radical (unpaired) electrons. The third-order valence-corrected chi connectivity index (χ3v) is 4.94. The van der Waals surface area contributed by atoms with Gasteiger partial charge in [0.25, 0.3) is 0 Å². The highest BCUT2D eigenvalue weighted by molar-refractivity contribution is 7.86. The smallest absolute Gasteiger partial charge is 0.324 e. The van der Waals surface area contributed by atoms with E-state index in [0.717, 1.165) is 24.2 Å². The van der Waals surface area contributed by atoms with E-state index in [1.807, 2.05) is 6.92 Å². The van der Waals surface area contributed by atoms with Crippen LogP contribution in [0.1, 0.15) is 19.8 Å². The predicted molar refractivity (Wildman–Crippen MR) is 84.6 cm³/mol. The number of methoxy groups -OCH3 is 1. The number of nitrogens with one attached hydrogen (secondary N) is 1. The predicted octanol–water partition coefficient (Wildman–Crippen LogP) is 1.12. The van der Waals surface area contributed by atoms with Gasteiger partial charge in [-0.3, -0.25) is 9.53 Å². The topological polar surface area (TPSA) is 101 Å². The number of nitrogens with zero attached hydrogens (tertiary/aromatic N) is 3. The standard InChI is InChI=1S/C12H20N4O4S2/c1-4-5-6-16(9(7-17)8-20-2)11(18)13-10-14-15-12(21-10)22(3)19/h7,9H,4-6,8H2,1-3H3,(H,13,14,18). The van der Waals surface area contributed by atoms with Crippen LogP contribution in [0.4, 0.5) is 9.93 Å². The second-order valence-electron chi connectivity index (χ2n) is 4.46. The van der Waals surface area contributed by atoms with E-state index in [2.05, 4.69) is 15.5 Å². The maximum Gasteiger partial charge on any atom is 0.324 e. The van der Waals surface area contributed by atoms with Crippen molar-refractivity contribution in [2.75, 3.05) is 31.8 Å². The summed E-state index contributed by atoms with van der Waals surface area (Å²) in [5.41, 5.74) is 0. The van der Waals surface area contributed by atoms with Crippen LogP contribution >= 0.6 is 11.3 Å². The molecule has 0 fully saturated rings. The van der Waals surface area contributed by atoms with Gasteiger partial charge < -0.3 is 14.4 Å². The molecule has 1 heterocycles. The molecular weight excluding hydrogens is 328 g/mol. The van der Waals surface area contributed by atoms with Crippen LogP contribution in [-0.2, 0) is 20.3 Å². The molecule has 124 valence electrons. The monoisotopic (exact) mass is 348 g/mol. The minimum absolute atomic E-state index is 0.126. The average molecular weight is 348 g/mol. The largest absolute Gasteiger partial charge is 0.382 e. The lowest BCUT2D eigenvalue weighted by atomic mass is 10.2. The number of aldehydes is 1. The van der Waals surface area contributed by atoms with Crippen molar-refractivity contribution in [2.24, 2.45) is 0 Å². The van der Waals surface area contributed by atoms with E-state index in [4.69, 9.17) is 4.74 Å². The number of carbonyl (C=O) groups is 2. The van der Waals surface area contributed by atoms with E-state index >= 15 is 0 Å². The Balaban J connectivity index is 2.80. The molecule has 0 spiro atoms. The van der Waals surface area contributed by atoms with Gasteiger partial charge >= 0.3 is 6.03 Å². The van der Waals surface area contributed by atoms with Crippen LogP contribution in [0.5, 0.6) is 0 Å². The molecule has 0 saturated heterocycles. The molecule has 22 heavy (non-hydrogen) atoms. The first-order valence-electron chi connectivity index (χ1n) is 6.72. The van der Waals surface area contributed by atoms with Crippen LogP contribution in [0.25, 0.3) is 0 Å². The van der Waals surface area contributed by atoms with Gasteiger partial charge in [0.05, 0.1) is 17.4 Å². The number of urea groups is 1. The lowest BCUT2D eigenvalue weighted by Crippen LogP contribution is -2.46. The van der Waals surface area contributed by atoms with Crippen molar-refractivity contribution in [3.63, 3.8) is 0 Å². The molecule has 2 unspecified atom stereocenters. The first-order chi connectivity index (χ1) is 10.5. The van der Waals surface area contributed by atoms with E-state index in [9.17, 15) is 13.8 Å². The summed E-state index contributed by atoms with van der Waals surface area (Å²) < 4.78 is 16.6. The third kappa shape index (κ3) is 5.43. The van der Waals surface area contributed by atoms with Crippen LogP contribution < -0.4 is 5.32 Å². The Morgan fingerprint density at radius 2 is 2.27 bits per heavy atom. The average Bonchev–Trinajstić information content (AvgIpc) is 2.95. The van der Waals surface area contributed by atoms with Crippen LogP contribution in [0.3, 0.4) is 0 Å². The van der Waals surface area contributed by atoms with Gasteiger partial charge in [-0.1, -0.05) is 24.7 Å². The molecule has 2 amide bonds. The number of amides is 2. The second kappa shape index (κ2) is 9.59. The lowest BCUT2D eigenvalue weighted by molar-refractivity contribution is -0.113. The summed E-state index contributed by atoms with van der Waals surface area (Å²) in [6.45, 7) is 2.55. The number of carbonyl (C=O) groups excluding carboxylic acids is 2. The molecule has 0 bridgehead atoms. The number of hydrogen-bond donors (Lipinski definition) is 1. The summed E-state index contributed by atoms with van der Waals surface area (Å²) in [5.74, 6) is 0. The van der Waals surface area contributed by atoms with Crippen molar-refractivity contribution >= 4 is 39.6 Å². The van der Waals surface area contributed by atoms with Gasteiger partial charge in [-0.2, -0.15) is 0 Å². The van der Waals surface area contributed by atoms with Crippen molar-refractivity contribution in [3.05, 3.63) is 0 Å². The van der Waals surface area contributed by atoms with Crippen LogP contribution in [0.15, 0.2) is 4.34 Å². The summed E-state index contributed by atoms with van der Waals surface area (Å²) in [5, 5.41) is 10.3. The molecule has 0 aliphatic heterocycles. The summed E-state index contributed by atoms with van der Waals surface area (Å²) in [6.07, 6.45) is 3.83. The van der Waals surface area contributed by atoms with Gasteiger partial charge in [-0.15, -0.1) is 10.2 Å². The second-order valence-corrected chi connectivity index (χ2v) is 6.99. The van der Waals surface area contributed by atoms with Gasteiger partial charge in [0.1, 0.15) is 12.3 Å². The first-order valence-corrected chi connectivity index (χ1v) is 9.09. The molecule has 10 heteroatoms. The van der Waals surface area contributed by atoms with Gasteiger partial charge in [-0.05, 0) is 6.42 Å². The molecule has 1 aromatic heterocycles. The minimum atomic E-state index is -1.25. The summed E-state index contributed by atoms with van der Waals surface area (Å²) >= 11 is 1.04. The fourth-order valence-corrected chi connectivity index (χ4v) is 2.99. The van der Waals surface area contributed by atoms with Crippen LogP contribution in [0.2, 0.25) is 0 Å². The van der Waals surface area contributed by atoms with E-state index in [1.165, 1.54) is 18.3 Å². The molecule has 0 saturated carbocycles. The summed E-state index contributed by atoms with van der Waals surface area (Å²) in [4.78, 5) is 24.9. The van der Waals surface area contributed by atoms with Gasteiger partial charge in [0.2, 0.25) is 9.47 Å². The third-order valence-electron chi connectivity index (χ3n) is 2.77. The number of aromatic nitrogens is 2. The Labute approximate surface area is 135 Å². The highest BCUT2D eigenvalue weighted by atomic mass is 32.2. The lowest BCUT2D eigenvalue weighted by Gasteiger charge is -2.27. The van der Waals surface area contributed by atoms with E-state index in [-0.39, 0.29) is 11.7 Å². The van der Waals surface area contributed by atoms with Gasteiger partial charge in [-0.25, -0.2) is 4.79 Å². The summed E-state index contributed by atoms with van der Waals surface area (Å²) in [6, 6.07) is -1.11. The Kier molecular flexibility index (Phi) is 8.13. The fourth-order valence-electron chi connectivity index (χ4n) is 1.66. The van der Waals surface area contributed by atoms with Crippen molar-refractivity contribution in [3.8, 4) is 0 Å². The van der Waals surface area contributed by atoms with Crippen LogP contribution in [0, 0.1) is 0 Å². The highest BCUT2D eigenvalue weighted by Crippen LogP contribution is 2.18. The number of ether oxygens (including phenoxy) is 1. The number of unbranched alkanes of at least 4 members (excludes halogenated alkanes) is 1. The normalized spacial score (nSPS) is 13.4. The van der Waals surface area contributed by atoms with Gasteiger partial charge in [0.15, 0.2) is 0 Å². The molecule has 8 nitrogen and oxygen atoms in total. The van der Waals surface area contributed by atoms with E-state index in [1.54, 1.807) is 0 Å². The Hall–Kier alpha value is -1.39. The minimum Gasteiger partial charge on any atom is -0.382 e. The van der Waals surface area contributed by atoms with Crippen molar-refractivity contribution < 1.29 is 18.5 Å². The zero-order valence-electron chi connectivity index (χ0n) is 12.8. The van der Waals surface area contributed by atoms with E-state index < -0.39 is 22.9 Å². The Bertz CT molecular complexity index is 523.